The van der Waals surface area contributed by atoms with Gasteiger partial charge in [0.05, 0.1) is 0 Å². The average Bonchev–Trinajstić information content (AvgIpc) is 2.39. The molecule has 2 rings (SSSR count). The molecular formula is C13H20O2. The Bertz CT molecular complexity index is 291. The molecule has 0 aromatic rings. The van der Waals surface area contributed by atoms with E-state index < -0.39 is 0 Å². The molecule has 0 amide bonds. The summed E-state index contributed by atoms with van der Waals surface area (Å²) in [5.74, 6) is 1.32. The molecule has 84 valence electrons. The summed E-state index contributed by atoms with van der Waals surface area (Å²) >= 11 is 0. The van der Waals surface area contributed by atoms with Gasteiger partial charge in [-0.25, -0.2) is 0 Å². The summed E-state index contributed by atoms with van der Waals surface area (Å²) in [7, 11) is 0. The highest BCUT2D eigenvalue weighted by atomic mass is 16.1. The third kappa shape index (κ3) is 2.30. The lowest BCUT2D eigenvalue weighted by atomic mass is 9.83. The van der Waals surface area contributed by atoms with Gasteiger partial charge in [-0.2, -0.15) is 0 Å². The highest BCUT2D eigenvalue weighted by molar-refractivity contribution is 5.86. The number of ketones is 2. The largest absolute Gasteiger partial charge is 0.300 e. The number of hydrogen-bond acceptors (Lipinski definition) is 2. The van der Waals surface area contributed by atoms with E-state index in [-0.39, 0.29) is 11.3 Å². The van der Waals surface area contributed by atoms with Gasteiger partial charge >= 0.3 is 0 Å². The summed E-state index contributed by atoms with van der Waals surface area (Å²) in [6, 6.07) is 0. The Hall–Kier alpha value is -0.660. The highest BCUT2D eigenvalue weighted by Crippen LogP contribution is 2.48. The van der Waals surface area contributed by atoms with Gasteiger partial charge in [0, 0.05) is 25.2 Å². The van der Waals surface area contributed by atoms with Gasteiger partial charge in [0.15, 0.2) is 0 Å². The van der Waals surface area contributed by atoms with Gasteiger partial charge in [-0.3, -0.25) is 9.59 Å². The summed E-state index contributed by atoms with van der Waals surface area (Å²) in [5.41, 5.74) is 0.260. The zero-order valence-corrected chi connectivity index (χ0v) is 9.71. The van der Waals surface area contributed by atoms with Crippen LogP contribution >= 0.6 is 0 Å². The molecular weight excluding hydrogens is 188 g/mol. The standard InChI is InChI=1S/C13H20O2/c1-13(2)7-9-6-10(14)4-3-5-12(15)11(9)8-13/h9,11H,3-8H2,1-2H3/t9-,11+/m0/s1. The van der Waals surface area contributed by atoms with Gasteiger partial charge in [0.25, 0.3) is 0 Å². The SMILES string of the molecule is CC1(C)C[C@@H]2CC(=O)CCCC(=O)[C@@H]2C1. The van der Waals surface area contributed by atoms with Crippen LogP contribution < -0.4 is 0 Å². The maximum atomic E-state index is 11.9. The highest BCUT2D eigenvalue weighted by Gasteiger charge is 2.43. The molecule has 2 heteroatoms. The number of Topliss-reactive ketones (excluding diaryl/α,β-unsaturated/α-hetero) is 2. The normalized spacial score (nSPS) is 35.9. The van der Waals surface area contributed by atoms with Crippen molar-refractivity contribution in [2.24, 2.45) is 17.3 Å². The van der Waals surface area contributed by atoms with Gasteiger partial charge in [-0.15, -0.1) is 0 Å². The molecule has 2 aliphatic rings. The van der Waals surface area contributed by atoms with E-state index in [0.717, 1.165) is 19.3 Å². The molecule has 0 N–H and O–H groups in total. The molecule has 2 atom stereocenters. The molecule has 0 aromatic carbocycles. The first-order valence-corrected chi connectivity index (χ1v) is 6.02. The first-order valence-electron chi connectivity index (χ1n) is 6.02. The predicted molar refractivity (Wildman–Crippen MR) is 58.5 cm³/mol. The Kier molecular flexibility index (Phi) is 2.70. The van der Waals surface area contributed by atoms with Crippen molar-refractivity contribution in [1.29, 1.82) is 0 Å². The van der Waals surface area contributed by atoms with Crippen LogP contribution in [-0.2, 0) is 9.59 Å². The van der Waals surface area contributed by atoms with Crippen molar-refractivity contribution in [3.8, 4) is 0 Å². The topological polar surface area (TPSA) is 34.1 Å². The van der Waals surface area contributed by atoms with Crippen LogP contribution in [0.25, 0.3) is 0 Å². The van der Waals surface area contributed by atoms with Gasteiger partial charge in [-0.05, 0) is 30.6 Å². The van der Waals surface area contributed by atoms with Crippen molar-refractivity contribution in [1.82, 2.24) is 0 Å². The molecule has 0 spiro atoms. The summed E-state index contributed by atoms with van der Waals surface area (Å²) < 4.78 is 0. The van der Waals surface area contributed by atoms with Gasteiger partial charge in [0.2, 0.25) is 0 Å². The fourth-order valence-corrected chi connectivity index (χ4v) is 3.33. The van der Waals surface area contributed by atoms with E-state index in [4.69, 9.17) is 0 Å². The van der Waals surface area contributed by atoms with Crippen molar-refractivity contribution in [3.63, 3.8) is 0 Å². The van der Waals surface area contributed by atoms with E-state index >= 15 is 0 Å². The predicted octanol–water partition coefficient (Wildman–Crippen LogP) is 2.75. The molecule has 0 saturated heterocycles. The van der Waals surface area contributed by atoms with Gasteiger partial charge < -0.3 is 0 Å². The maximum absolute atomic E-state index is 11.9. The molecule has 2 saturated carbocycles. The molecule has 0 heterocycles. The van der Waals surface area contributed by atoms with E-state index in [1.165, 1.54) is 0 Å². The monoisotopic (exact) mass is 208 g/mol. The first kappa shape index (κ1) is 10.8. The molecule has 0 radical (unpaired) electrons. The molecule has 0 bridgehead atoms. The van der Waals surface area contributed by atoms with Crippen molar-refractivity contribution in [2.45, 2.75) is 52.4 Å². The van der Waals surface area contributed by atoms with E-state index in [9.17, 15) is 9.59 Å². The van der Waals surface area contributed by atoms with Gasteiger partial charge in [-0.1, -0.05) is 13.8 Å². The Labute approximate surface area is 91.4 Å². The summed E-state index contributed by atoms with van der Waals surface area (Å²) in [6.45, 7) is 4.44. The molecule has 0 aromatic heterocycles. The number of carbonyl (C=O) groups excluding carboxylic acids is 2. The Morgan fingerprint density at radius 3 is 2.60 bits per heavy atom. The molecule has 2 nitrogen and oxygen atoms in total. The Morgan fingerprint density at radius 1 is 1.13 bits per heavy atom. The lowest BCUT2D eigenvalue weighted by Gasteiger charge is -2.20. The Balaban J connectivity index is 2.16. The second-order valence-electron chi connectivity index (χ2n) is 6.00. The van der Waals surface area contributed by atoms with Crippen LogP contribution in [0.4, 0.5) is 0 Å². The van der Waals surface area contributed by atoms with Crippen molar-refractivity contribution >= 4 is 11.6 Å². The van der Waals surface area contributed by atoms with Crippen molar-refractivity contribution in [2.75, 3.05) is 0 Å². The third-order valence-corrected chi connectivity index (χ3v) is 3.94. The molecule has 2 fully saturated rings. The van der Waals surface area contributed by atoms with Crippen LogP contribution in [0.15, 0.2) is 0 Å². The van der Waals surface area contributed by atoms with Gasteiger partial charge in [0.1, 0.15) is 11.6 Å². The van der Waals surface area contributed by atoms with Crippen LogP contribution in [0, 0.1) is 17.3 Å². The fraction of sp³-hybridized carbons (Fsp3) is 0.846. The van der Waals surface area contributed by atoms with Crippen LogP contribution in [0.3, 0.4) is 0 Å². The minimum Gasteiger partial charge on any atom is -0.300 e. The quantitative estimate of drug-likeness (QED) is 0.613. The summed E-state index contributed by atoms with van der Waals surface area (Å²) in [6.07, 6.45) is 4.72. The van der Waals surface area contributed by atoms with E-state index in [2.05, 4.69) is 13.8 Å². The van der Waals surface area contributed by atoms with Crippen molar-refractivity contribution < 1.29 is 9.59 Å². The van der Waals surface area contributed by atoms with E-state index in [1.807, 2.05) is 0 Å². The third-order valence-electron chi connectivity index (χ3n) is 3.94. The van der Waals surface area contributed by atoms with Crippen LogP contribution in [0.5, 0.6) is 0 Å². The molecule has 0 aliphatic heterocycles. The average molecular weight is 208 g/mol. The fourth-order valence-electron chi connectivity index (χ4n) is 3.33. The Morgan fingerprint density at radius 2 is 1.87 bits per heavy atom. The number of hydrogen-bond donors (Lipinski definition) is 0. The van der Waals surface area contributed by atoms with Crippen LogP contribution in [0.1, 0.15) is 52.4 Å². The summed E-state index contributed by atoms with van der Waals surface area (Å²) in [4.78, 5) is 23.5. The molecule has 2 aliphatic carbocycles. The molecule has 15 heavy (non-hydrogen) atoms. The minimum absolute atomic E-state index is 0.184. The summed E-state index contributed by atoms with van der Waals surface area (Å²) in [5, 5.41) is 0. The lowest BCUT2D eigenvalue weighted by Crippen LogP contribution is -2.24. The maximum Gasteiger partial charge on any atom is 0.136 e. The second kappa shape index (κ2) is 3.73. The van der Waals surface area contributed by atoms with E-state index in [1.54, 1.807) is 0 Å². The van der Waals surface area contributed by atoms with Crippen molar-refractivity contribution in [3.05, 3.63) is 0 Å². The second-order valence-corrected chi connectivity index (χ2v) is 6.00. The van der Waals surface area contributed by atoms with Crippen LogP contribution in [0.2, 0.25) is 0 Å². The van der Waals surface area contributed by atoms with E-state index in [0.29, 0.717) is 36.7 Å². The minimum atomic E-state index is 0.184. The van der Waals surface area contributed by atoms with Crippen LogP contribution in [-0.4, -0.2) is 11.6 Å². The zero-order valence-electron chi connectivity index (χ0n) is 9.71. The smallest absolute Gasteiger partial charge is 0.136 e. The molecule has 0 unspecified atom stereocenters. The number of rotatable bonds is 0. The lowest BCUT2D eigenvalue weighted by molar-refractivity contribution is -0.127. The number of fused-ring (bicyclic) bond motifs is 1. The number of carbonyl (C=O) groups is 2. The first-order chi connectivity index (χ1) is 6.98. The zero-order chi connectivity index (χ0) is 11.1.